The van der Waals surface area contributed by atoms with Gasteiger partial charge in [-0.1, -0.05) is 32.0 Å². The number of carbonyl (C=O) groups is 1. The van der Waals surface area contributed by atoms with Crippen LogP contribution in [-0.2, 0) is 4.79 Å². The van der Waals surface area contributed by atoms with E-state index >= 15 is 0 Å². The van der Waals surface area contributed by atoms with Crippen LogP contribution < -0.4 is 10.5 Å². The molecule has 9 heteroatoms. The molecule has 2 aromatic heterocycles. The lowest BCUT2D eigenvalue weighted by atomic mass is 9.57. The molecule has 9 nitrogen and oxygen atoms in total. The van der Waals surface area contributed by atoms with Crippen molar-refractivity contribution in [2.45, 2.75) is 83.7 Å². The van der Waals surface area contributed by atoms with Gasteiger partial charge in [-0.05, 0) is 111 Å². The lowest BCUT2D eigenvalue weighted by Gasteiger charge is -2.51. The van der Waals surface area contributed by atoms with E-state index in [2.05, 4.69) is 38.3 Å². The van der Waals surface area contributed by atoms with E-state index in [0.717, 1.165) is 103 Å². The predicted molar refractivity (Wildman–Crippen MR) is 188 cm³/mol. The smallest absolute Gasteiger partial charge is 0.223 e. The summed E-state index contributed by atoms with van der Waals surface area (Å²) < 4.78 is 8.08. The number of carbonyl (C=O) groups excluding carboxylic acids is 1. The normalized spacial score (nSPS) is 26.8. The average Bonchev–Trinajstić information content (AvgIpc) is 3.46. The van der Waals surface area contributed by atoms with Crippen molar-refractivity contribution in [3.63, 3.8) is 0 Å². The largest absolute Gasteiger partial charge is 0.457 e. The Morgan fingerprint density at radius 3 is 2.29 bits per heavy atom. The molecule has 2 bridgehead atoms. The monoisotopic (exact) mass is 647 g/mol. The van der Waals surface area contributed by atoms with Crippen molar-refractivity contribution >= 4 is 22.8 Å². The highest BCUT2D eigenvalue weighted by Gasteiger charge is 2.46. The van der Waals surface area contributed by atoms with Gasteiger partial charge in [-0.15, -0.1) is 0 Å². The molecule has 252 valence electrons. The number of nitrogens with zero attached hydrogens (tertiary/aromatic N) is 6. The lowest BCUT2D eigenvalue weighted by Crippen LogP contribution is -2.62. The number of fused-ring (bicyclic) bond motifs is 3. The zero-order valence-corrected chi connectivity index (χ0v) is 28.4. The summed E-state index contributed by atoms with van der Waals surface area (Å²) in [6, 6.07) is 18.4. The van der Waals surface area contributed by atoms with Crippen molar-refractivity contribution in [2.24, 2.45) is 23.2 Å². The third-order valence-electron chi connectivity index (χ3n) is 12.1. The molecule has 0 spiro atoms. The maximum atomic E-state index is 13.5. The molecule has 2 unspecified atom stereocenters. The van der Waals surface area contributed by atoms with E-state index in [-0.39, 0.29) is 11.5 Å². The zero-order chi connectivity index (χ0) is 32.8. The Morgan fingerprint density at radius 1 is 0.917 bits per heavy atom. The number of para-hydroxylation sites is 1. The second-order valence-corrected chi connectivity index (χ2v) is 15.4. The maximum Gasteiger partial charge on any atom is 0.223 e. The van der Waals surface area contributed by atoms with E-state index in [1.54, 1.807) is 0 Å². The first-order chi connectivity index (χ1) is 23.4. The summed E-state index contributed by atoms with van der Waals surface area (Å²) in [4.78, 5) is 27.2. The Hall–Kier alpha value is -3.98. The topological polar surface area (TPSA) is 102 Å². The van der Waals surface area contributed by atoms with Crippen LogP contribution in [0, 0.1) is 23.2 Å². The molecule has 2 saturated heterocycles. The number of aromatic nitrogens is 4. The van der Waals surface area contributed by atoms with Crippen LogP contribution in [0.2, 0.25) is 0 Å². The molecule has 4 aliphatic rings. The first kappa shape index (κ1) is 31.3. The minimum atomic E-state index is 0.225. The number of likely N-dealkylation sites (tertiary alicyclic amines) is 2. The van der Waals surface area contributed by atoms with Crippen LogP contribution in [0.15, 0.2) is 60.9 Å². The van der Waals surface area contributed by atoms with Crippen LogP contribution in [0.1, 0.15) is 77.7 Å². The first-order valence-electron chi connectivity index (χ1n) is 18.2. The Kier molecular flexibility index (Phi) is 8.35. The number of piperidine rings is 1. The van der Waals surface area contributed by atoms with Gasteiger partial charge in [-0.2, -0.15) is 5.10 Å². The molecule has 1 amide bonds. The van der Waals surface area contributed by atoms with Crippen molar-refractivity contribution in [3.05, 3.63) is 60.9 Å². The number of benzene rings is 2. The molecule has 2 atom stereocenters. The SMILES string of the molecule is CCC1(CC(=O)N2CC(N3CCC(n4nc(-c5ccc(Oc6ccccc6)cc5)c5c(N)ncnc54)CC3)C2)CC2CC(C)CC(C2)C1. The maximum absolute atomic E-state index is 13.5. The van der Waals surface area contributed by atoms with Crippen LogP contribution in [0.3, 0.4) is 0 Å². The Balaban J connectivity index is 0.895. The number of ether oxygens (including phenoxy) is 1. The summed E-state index contributed by atoms with van der Waals surface area (Å²) in [6.45, 7) is 8.46. The molecule has 4 heterocycles. The van der Waals surface area contributed by atoms with Crippen LogP contribution in [-0.4, -0.2) is 67.7 Å². The molecule has 4 aromatic rings. The summed E-state index contributed by atoms with van der Waals surface area (Å²) in [5.41, 5.74) is 9.19. The van der Waals surface area contributed by atoms with Gasteiger partial charge in [0.25, 0.3) is 0 Å². The number of rotatable bonds is 8. The number of anilines is 1. The Morgan fingerprint density at radius 2 is 1.60 bits per heavy atom. The van der Waals surface area contributed by atoms with Gasteiger partial charge in [-0.3, -0.25) is 9.69 Å². The van der Waals surface area contributed by atoms with E-state index in [1.807, 2.05) is 54.6 Å². The van der Waals surface area contributed by atoms with E-state index in [4.69, 9.17) is 15.6 Å². The predicted octanol–water partition coefficient (Wildman–Crippen LogP) is 7.35. The van der Waals surface area contributed by atoms with Gasteiger partial charge in [0.05, 0.1) is 11.4 Å². The van der Waals surface area contributed by atoms with E-state index in [1.165, 1.54) is 38.4 Å². The van der Waals surface area contributed by atoms with E-state index in [9.17, 15) is 4.79 Å². The van der Waals surface area contributed by atoms with Crippen molar-refractivity contribution in [3.8, 4) is 22.8 Å². The van der Waals surface area contributed by atoms with Crippen LogP contribution >= 0.6 is 0 Å². The molecule has 48 heavy (non-hydrogen) atoms. The highest BCUT2D eigenvalue weighted by Crippen LogP contribution is 2.53. The molecule has 2 N–H and O–H groups in total. The second-order valence-electron chi connectivity index (χ2n) is 15.4. The molecule has 2 aliphatic carbocycles. The number of nitrogens with two attached hydrogens (primary N) is 1. The molecular weight excluding hydrogens is 598 g/mol. The highest BCUT2D eigenvalue weighted by atomic mass is 16.5. The third kappa shape index (κ3) is 6.06. The van der Waals surface area contributed by atoms with Gasteiger partial charge in [0.1, 0.15) is 29.3 Å². The average molecular weight is 648 g/mol. The van der Waals surface area contributed by atoms with Crippen molar-refractivity contribution in [2.75, 3.05) is 31.9 Å². The van der Waals surface area contributed by atoms with Gasteiger partial charge in [0, 0.05) is 44.2 Å². The fourth-order valence-corrected chi connectivity index (χ4v) is 9.67. The summed E-state index contributed by atoms with van der Waals surface area (Å²) in [5, 5.41) is 5.91. The summed E-state index contributed by atoms with van der Waals surface area (Å²) in [7, 11) is 0. The van der Waals surface area contributed by atoms with Crippen LogP contribution in [0.25, 0.3) is 22.3 Å². The summed E-state index contributed by atoms with van der Waals surface area (Å²) in [5.74, 6) is 4.91. The van der Waals surface area contributed by atoms with Crippen LogP contribution in [0.4, 0.5) is 5.82 Å². The molecule has 8 rings (SSSR count). The summed E-state index contributed by atoms with van der Waals surface area (Å²) >= 11 is 0. The van der Waals surface area contributed by atoms with Gasteiger partial charge >= 0.3 is 0 Å². The zero-order valence-electron chi connectivity index (χ0n) is 28.4. The van der Waals surface area contributed by atoms with Crippen molar-refractivity contribution in [1.82, 2.24) is 29.5 Å². The first-order valence-corrected chi connectivity index (χ1v) is 18.2. The standard InChI is InChI=1S/C39H49N7O2/c1-3-39(20-27-17-26(2)18-28(19-27)21-39)22-34(47)45-23-31(24-45)44-15-13-30(14-16-44)46-38-35(37(40)41-25-42-38)36(43-46)29-9-11-33(12-10-29)48-32-7-5-4-6-8-32/h4-12,25-28,30-31H,3,13-24H2,1-2H3,(H2,40,41,42). The molecule has 2 saturated carbocycles. The van der Waals surface area contributed by atoms with Gasteiger partial charge in [0.2, 0.25) is 5.91 Å². The number of nitrogen functional groups attached to an aromatic ring is 1. The van der Waals surface area contributed by atoms with Gasteiger partial charge in [-0.25, -0.2) is 14.6 Å². The third-order valence-corrected chi connectivity index (χ3v) is 12.1. The van der Waals surface area contributed by atoms with Crippen molar-refractivity contribution < 1.29 is 9.53 Å². The van der Waals surface area contributed by atoms with E-state index < -0.39 is 0 Å². The fraction of sp³-hybridized carbons (Fsp3) is 0.538. The van der Waals surface area contributed by atoms with Gasteiger partial charge in [0.15, 0.2) is 5.65 Å². The highest BCUT2D eigenvalue weighted by molar-refractivity contribution is 5.98. The number of amides is 1. The van der Waals surface area contributed by atoms with Crippen LogP contribution in [0.5, 0.6) is 11.5 Å². The minimum Gasteiger partial charge on any atom is -0.457 e. The Labute approximate surface area is 283 Å². The molecule has 4 fully saturated rings. The molecular formula is C39H49N7O2. The van der Waals surface area contributed by atoms with Crippen molar-refractivity contribution in [1.29, 1.82) is 0 Å². The number of hydrogen-bond acceptors (Lipinski definition) is 7. The molecule has 0 radical (unpaired) electrons. The molecule has 2 aromatic carbocycles. The second kappa shape index (κ2) is 12.8. The summed E-state index contributed by atoms with van der Waals surface area (Å²) in [6.07, 6.45) is 12.0. The lowest BCUT2D eigenvalue weighted by molar-refractivity contribution is -0.143. The number of hydrogen-bond donors (Lipinski definition) is 1. The quantitative estimate of drug-likeness (QED) is 0.213. The van der Waals surface area contributed by atoms with E-state index in [0.29, 0.717) is 17.8 Å². The minimum absolute atomic E-state index is 0.225. The Bertz CT molecular complexity index is 1720. The fourth-order valence-electron chi connectivity index (χ4n) is 9.67. The van der Waals surface area contributed by atoms with Gasteiger partial charge < -0.3 is 15.4 Å². The molecule has 2 aliphatic heterocycles.